The van der Waals surface area contributed by atoms with Gasteiger partial charge >= 0.3 is 0 Å². The van der Waals surface area contributed by atoms with Crippen LogP contribution in [-0.4, -0.2) is 30.1 Å². The van der Waals surface area contributed by atoms with Crippen molar-refractivity contribution in [2.75, 3.05) is 19.5 Å². The van der Waals surface area contributed by atoms with Gasteiger partial charge in [0.25, 0.3) is 5.91 Å². The maximum atomic E-state index is 12.2. The van der Waals surface area contributed by atoms with Crippen molar-refractivity contribution in [3.05, 3.63) is 66.6 Å². The van der Waals surface area contributed by atoms with Crippen LogP contribution in [0, 0.1) is 0 Å². The number of benzene rings is 1. The summed E-state index contributed by atoms with van der Waals surface area (Å²) < 4.78 is 15.9. The Morgan fingerprint density at radius 3 is 2.42 bits per heavy atom. The molecule has 7 nitrogen and oxygen atoms in total. The number of ether oxygens (including phenoxy) is 3. The van der Waals surface area contributed by atoms with E-state index < -0.39 is 0 Å². The van der Waals surface area contributed by atoms with Gasteiger partial charge in [0.05, 0.1) is 26.1 Å². The topological polar surface area (TPSA) is 82.6 Å². The minimum absolute atomic E-state index is 0.251. The van der Waals surface area contributed by atoms with Crippen LogP contribution in [0.4, 0.5) is 5.69 Å². The van der Waals surface area contributed by atoms with E-state index in [-0.39, 0.29) is 11.6 Å². The summed E-state index contributed by atoms with van der Waals surface area (Å²) in [7, 11) is 3.12. The summed E-state index contributed by atoms with van der Waals surface area (Å²) in [5.74, 6) is 1.90. The molecule has 7 heteroatoms. The molecule has 2 heterocycles. The monoisotopic (exact) mass is 351 g/mol. The maximum absolute atomic E-state index is 12.2. The van der Waals surface area contributed by atoms with Gasteiger partial charge in [-0.1, -0.05) is 6.07 Å². The molecule has 0 spiro atoms. The molecular formula is C19H17N3O4. The molecule has 0 atom stereocenters. The highest BCUT2D eigenvalue weighted by atomic mass is 16.5. The van der Waals surface area contributed by atoms with Crippen LogP contribution in [0.3, 0.4) is 0 Å². The lowest BCUT2D eigenvalue weighted by Crippen LogP contribution is -2.13. The highest BCUT2D eigenvalue weighted by Gasteiger charge is 2.09. The number of methoxy groups -OCH3 is 2. The molecule has 1 amide bonds. The van der Waals surface area contributed by atoms with Crippen LogP contribution < -0.4 is 19.5 Å². The molecule has 0 saturated heterocycles. The number of nitrogens with one attached hydrogen (secondary N) is 1. The second-order valence-corrected chi connectivity index (χ2v) is 5.20. The first-order valence-electron chi connectivity index (χ1n) is 7.77. The lowest BCUT2D eigenvalue weighted by molar-refractivity contribution is 0.102. The van der Waals surface area contributed by atoms with Crippen molar-refractivity contribution in [2.45, 2.75) is 0 Å². The molecule has 0 saturated carbocycles. The summed E-state index contributed by atoms with van der Waals surface area (Å²) in [4.78, 5) is 20.4. The standard InChI is InChI=1S/C19H17N3O4/c1-24-14-4-3-5-16(10-14)26-18-7-6-13(12-21-18)22-19(23)17-11-15(25-2)8-9-20-17/h3-12H,1-2H3,(H,22,23). The van der Waals surface area contributed by atoms with Gasteiger partial charge in [0.1, 0.15) is 22.9 Å². The fourth-order valence-electron chi connectivity index (χ4n) is 2.16. The largest absolute Gasteiger partial charge is 0.497 e. The molecule has 1 aromatic carbocycles. The molecule has 0 bridgehead atoms. The fraction of sp³-hybridized carbons (Fsp3) is 0.105. The molecule has 0 aliphatic heterocycles. The van der Waals surface area contributed by atoms with Crippen molar-refractivity contribution in [1.29, 1.82) is 0 Å². The van der Waals surface area contributed by atoms with E-state index in [0.29, 0.717) is 28.8 Å². The Labute approximate surface area is 150 Å². The summed E-state index contributed by atoms with van der Waals surface area (Å²) in [6.45, 7) is 0. The summed E-state index contributed by atoms with van der Waals surface area (Å²) in [6.07, 6.45) is 3.02. The lowest BCUT2D eigenvalue weighted by Gasteiger charge is -2.08. The van der Waals surface area contributed by atoms with Crippen LogP contribution >= 0.6 is 0 Å². The van der Waals surface area contributed by atoms with E-state index in [0.717, 1.165) is 0 Å². The molecule has 1 N–H and O–H groups in total. The highest BCUT2D eigenvalue weighted by molar-refractivity contribution is 6.02. The van der Waals surface area contributed by atoms with Gasteiger partial charge in [-0.3, -0.25) is 9.78 Å². The first kappa shape index (κ1) is 17.2. The predicted molar refractivity (Wildman–Crippen MR) is 96.0 cm³/mol. The Balaban J connectivity index is 1.66. The zero-order valence-electron chi connectivity index (χ0n) is 14.3. The summed E-state index contributed by atoms with van der Waals surface area (Å²) >= 11 is 0. The number of carbonyl (C=O) groups excluding carboxylic acids is 1. The minimum atomic E-state index is -0.354. The van der Waals surface area contributed by atoms with E-state index in [2.05, 4.69) is 15.3 Å². The molecule has 132 valence electrons. The average Bonchev–Trinajstić information content (AvgIpc) is 2.69. The van der Waals surface area contributed by atoms with E-state index in [1.165, 1.54) is 19.5 Å². The van der Waals surface area contributed by atoms with E-state index in [9.17, 15) is 4.79 Å². The van der Waals surface area contributed by atoms with Crippen molar-refractivity contribution in [3.63, 3.8) is 0 Å². The zero-order chi connectivity index (χ0) is 18.4. The van der Waals surface area contributed by atoms with Crippen LogP contribution in [0.2, 0.25) is 0 Å². The van der Waals surface area contributed by atoms with E-state index in [4.69, 9.17) is 14.2 Å². The quantitative estimate of drug-likeness (QED) is 0.731. The molecule has 0 radical (unpaired) electrons. The van der Waals surface area contributed by atoms with Crippen LogP contribution in [0.15, 0.2) is 60.9 Å². The van der Waals surface area contributed by atoms with Crippen molar-refractivity contribution in [2.24, 2.45) is 0 Å². The van der Waals surface area contributed by atoms with Gasteiger partial charge in [-0.15, -0.1) is 0 Å². The molecule has 0 fully saturated rings. The number of carbonyl (C=O) groups is 1. The molecule has 0 unspecified atom stereocenters. The summed E-state index contributed by atoms with van der Waals surface area (Å²) in [5.41, 5.74) is 0.777. The van der Waals surface area contributed by atoms with Gasteiger partial charge in [0, 0.05) is 24.4 Å². The number of nitrogens with zero attached hydrogens (tertiary/aromatic N) is 2. The van der Waals surface area contributed by atoms with Crippen LogP contribution in [-0.2, 0) is 0 Å². The van der Waals surface area contributed by atoms with Crippen LogP contribution in [0.1, 0.15) is 10.5 Å². The summed E-state index contributed by atoms with van der Waals surface area (Å²) in [6, 6.07) is 13.8. The Hall–Kier alpha value is -3.61. The molecule has 26 heavy (non-hydrogen) atoms. The third-order valence-corrected chi connectivity index (χ3v) is 3.46. The van der Waals surface area contributed by atoms with Gasteiger partial charge in [-0.05, 0) is 24.3 Å². The van der Waals surface area contributed by atoms with Gasteiger partial charge in [-0.25, -0.2) is 4.98 Å². The molecule has 0 aliphatic rings. The second kappa shape index (κ2) is 7.98. The van der Waals surface area contributed by atoms with E-state index in [1.54, 1.807) is 43.5 Å². The number of hydrogen-bond acceptors (Lipinski definition) is 6. The maximum Gasteiger partial charge on any atom is 0.274 e. The highest BCUT2D eigenvalue weighted by Crippen LogP contribution is 2.24. The first-order valence-corrected chi connectivity index (χ1v) is 7.77. The Morgan fingerprint density at radius 1 is 0.923 bits per heavy atom. The van der Waals surface area contributed by atoms with Gasteiger partial charge < -0.3 is 19.5 Å². The molecular weight excluding hydrogens is 334 g/mol. The molecule has 3 aromatic rings. The van der Waals surface area contributed by atoms with Crippen molar-refractivity contribution in [3.8, 4) is 23.1 Å². The number of anilines is 1. The van der Waals surface area contributed by atoms with E-state index >= 15 is 0 Å². The predicted octanol–water partition coefficient (Wildman–Crippen LogP) is 3.54. The second-order valence-electron chi connectivity index (χ2n) is 5.20. The number of aromatic nitrogens is 2. The number of pyridine rings is 2. The number of hydrogen-bond donors (Lipinski definition) is 1. The normalized spacial score (nSPS) is 10.1. The smallest absolute Gasteiger partial charge is 0.274 e. The van der Waals surface area contributed by atoms with Crippen LogP contribution in [0.25, 0.3) is 0 Å². The van der Waals surface area contributed by atoms with Crippen molar-refractivity contribution < 1.29 is 19.0 Å². The fourth-order valence-corrected chi connectivity index (χ4v) is 2.16. The third kappa shape index (κ3) is 4.27. The van der Waals surface area contributed by atoms with Crippen molar-refractivity contribution in [1.82, 2.24) is 9.97 Å². The SMILES string of the molecule is COc1cccc(Oc2ccc(NC(=O)c3cc(OC)ccn3)cn2)c1. The Bertz CT molecular complexity index is 897. The van der Waals surface area contributed by atoms with Gasteiger partial charge in [-0.2, -0.15) is 0 Å². The molecule has 3 rings (SSSR count). The Morgan fingerprint density at radius 2 is 1.69 bits per heavy atom. The molecule has 2 aromatic heterocycles. The van der Waals surface area contributed by atoms with Gasteiger partial charge in [0.15, 0.2) is 0 Å². The van der Waals surface area contributed by atoms with Gasteiger partial charge in [0.2, 0.25) is 5.88 Å². The summed E-state index contributed by atoms with van der Waals surface area (Å²) in [5, 5.41) is 2.72. The minimum Gasteiger partial charge on any atom is -0.497 e. The zero-order valence-corrected chi connectivity index (χ0v) is 14.3. The average molecular weight is 351 g/mol. The number of rotatable bonds is 6. The van der Waals surface area contributed by atoms with E-state index in [1.807, 2.05) is 12.1 Å². The van der Waals surface area contributed by atoms with Crippen molar-refractivity contribution >= 4 is 11.6 Å². The third-order valence-electron chi connectivity index (χ3n) is 3.46. The van der Waals surface area contributed by atoms with Crippen LogP contribution in [0.5, 0.6) is 23.1 Å². The molecule has 0 aliphatic carbocycles. The Kier molecular flexibility index (Phi) is 5.28. The first-order chi connectivity index (χ1) is 12.7. The number of amides is 1. The lowest BCUT2D eigenvalue weighted by atomic mass is 10.3.